The summed E-state index contributed by atoms with van der Waals surface area (Å²) < 4.78 is 14.0. The number of hydrogen-bond acceptors (Lipinski definition) is 2. The molecule has 0 amide bonds. The SMILES string of the molecule is N#Cc1cc(Br)ccc1NCc1cc(F)cc(Cl)c1. The fraction of sp³-hybridized carbons (Fsp3) is 0.0714. The van der Waals surface area contributed by atoms with Crippen molar-refractivity contribution in [1.29, 1.82) is 5.26 Å². The van der Waals surface area contributed by atoms with Crippen LogP contribution in [0.15, 0.2) is 40.9 Å². The highest BCUT2D eigenvalue weighted by molar-refractivity contribution is 9.10. The quantitative estimate of drug-likeness (QED) is 0.878. The lowest BCUT2D eigenvalue weighted by atomic mass is 10.1. The molecule has 5 heteroatoms. The maximum Gasteiger partial charge on any atom is 0.125 e. The third-order valence-electron chi connectivity index (χ3n) is 2.51. The largest absolute Gasteiger partial charge is 0.380 e. The number of benzene rings is 2. The summed E-state index contributed by atoms with van der Waals surface area (Å²) in [7, 11) is 0. The fourth-order valence-corrected chi connectivity index (χ4v) is 2.28. The van der Waals surface area contributed by atoms with Crippen LogP contribution in [0.4, 0.5) is 10.1 Å². The molecule has 2 rings (SSSR count). The first-order valence-electron chi connectivity index (χ1n) is 5.47. The van der Waals surface area contributed by atoms with Crippen LogP contribution in [0.25, 0.3) is 0 Å². The minimum atomic E-state index is -0.374. The van der Waals surface area contributed by atoms with Crippen molar-refractivity contribution in [3.63, 3.8) is 0 Å². The van der Waals surface area contributed by atoms with Gasteiger partial charge in [0, 0.05) is 16.0 Å². The van der Waals surface area contributed by atoms with Gasteiger partial charge in [0.05, 0.1) is 11.3 Å². The maximum absolute atomic E-state index is 13.2. The van der Waals surface area contributed by atoms with Gasteiger partial charge in [0.2, 0.25) is 0 Å². The van der Waals surface area contributed by atoms with Crippen LogP contribution in [0.1, 0.15) is 11.1 Å². The Morgan fingerprint density at radius 2 is 2.05 bits per heavy atom. The summed E-state index contributed by atoms with van der Waals surface area (Å²) >= 11 is 9.09. The molecule has 0 saturated heterocycles. The highest BCUT2D eigenvalue weighted by Gasteiger charge is 2.04. The van der Waals surface area contributed by atoms with Gasteiger partial charge in [-0.25, -0.2) is 4.39 Å². The van der Waals surface area contributed by atoms with Gasteiger partial charge in [0.1, 0.15) is 11.9 Å². The van der Waals surface area contributed by atoms with Gasteiger partial charge < -0.3 is 5.32 Å². The number of halogens is 3. The van der Waals surface area contributed by atoms with Crippen LogP contribution < -0.4 is 5.32 Å². The van der Waals surface area contributed by atoms with Gasteiger partial charge in [-0.15, -0.1) is 0 Å². The zero-order chi connectivity index (χ0) is 13.8. The van der Waals surface area contributed by atoms with Gasteiger partial charge >= 0.3 is 0 Å². The van der Waals surface area contributed by atoms with Crippen molar-refractivity contribution in [3.8, 4) is 6.07 Å². The maximum atomic E-state index is 13.2. The predicted molar refractivity (Wildman–Crippen MR) is 77.6 cm³/mol. The van der Waals surface area contributed by atoms with E-state index in [9.17, 15) is 4.39 Å². The Morgan fingerprint density at radius 3 is 2.74 bits per heavy atom. The first-order valence-corrected chi connectivity index (χ1v) is 6.64. The molecule has 2 nitrogen and oxygen atoms in total. The van der Waals surface area contributed by atoms with Crippen LogP contribution in [0.5, 0.6) is 0 Å². The van der Waals surface area contributed by atoms with E-state index in [4.69, 9.17) is 16.9 Å². The summed E-state index contributed by atoms with van der Waals surface area (Å²) in [6, 6.07) is 11.8. The van der Waals surface area contributed by atoms with Crippen LogP contribution in [0.3, 0.4) is 0 Å². The minimum Gasteiger partial charge on any atom is -0.380 e. The first-order chi connectivity index (χ1) is 9.08. The van der Waals surface area contributed by atoms with E-state index in [2.05, 4.69) is 27.3 Å². The average molecular weight is 340 g/mol. The van der Waals surface area contributed by atoms with Gasteiger partial charge in [0.15, 0.2) is 0 Å². The summed E-state index contributed by atoms with van der Waals surface area (Å²) in [6.45, 7) is 0.397. The van der Waals surface area contributed by atoms with Crippen molar-refractivity contribution < 1.29 is 4.39 Å². The Bertz CT molecular complexity index is 632. The highest BCUT2D eigenvalue weighted by atomic mass is 79.9. The summed E-state index contributed by atoms with van der Waals surface area (Å²) in [4.78, 5) is 0. The van der Waals surface area contributed by atoms with Gasteiger partial charge in [-0.1, -0.05) is 27.5 Å². The van der Waals surface area contributed by atoms with E-state index in [0.717, 1.165) is 10.0 Å². The van der Waals surface area contributed by atoms with Crippen molar-refractivity contribution in [2.45, 2.75) is 6.54 Å². The fourth-order valence-electron chi connectivity index (χ4n) is 1.67. The lowest BCUT2D eigenvalue weighted by Crippen LogP contribution is -2.01. The van der Waals surface area contributed by atoms with E-state index in [1.54, 1.807) is 18.2 Å². The van der Waals surface area contributed by atoms with Crippen LogP contribution in [0.2, 0.25) is 5.02 Å². The lowest BCUT2D eigenvalue weighted by Gasteiger charge is -2.09. The van der Waals surface area contributed by atoms with Gasteiger partial charge in [-0.3, -0.25) is 0 Å². The zero-order valence-electron chi connectivity index (χ0n) is 9.75. The number of hydrogen-bond donors (Lipinski definition) is 1. The molecular formula is C14H9BrClFN2. The van der Waals surface area contributed by atoms with Crippen LogP contribution in [-0.4, -0.2) is 0 Å². The zero-order valence-corrected chi connectivity index (χ0v) is 12.1. The molecule has 0 aliphatic carbocycles. The number of nitrogens with zero attached hydrogens (tertiary/aromatic N) is 1. The van der Waals surface area contributed by atoms with Crippen molar-refractivity contribution in [2.24, 2.45) is 0 Å². The van der Waals surface area contributed by atoms with E-state index < -0.39 is 0 Å². The molecular weight excluding hydrogens is 331 g/mol. The average Bonchev–Trinajstić information content (AvgIpc) is 2.36. The van der Waals surface area contributed by atoms with Gasteiger partial charge in [-0.05, 0) is 42.0 Å². The third kappa shape index (κ3) is 3.69. The molecule has 0 spiro atoms. The molecule has 2 aromatic rings. The normalized spacial score (nSPS) is 10.0. The predicted octanol–water partition coefficient (Wildman–Crippen LogP) is 4.73. The van der Waals surface area contributed by atoms with E-state index in [-0.39, 0.29) is 5.82 Å². The molecule has 0 aliphatic heterocycles. The second kappa shape index (κ2) is 6.05. The first kappa shape index (κ1) is 13.9. The molecule has 0 atom stereocenters. The molecule has 0 heterocycles. The molecule has 0 bridgehead atoms. The molecule has 0 saturated carbocycles. The van der Waals surface area contributed by atoms with Crippen LogP contribution in [0, 0.1) is 17.1 Å². The van der Waals surface area contributed by atoms with Gasteiger partial charge in [-0.2, -0.15) is 5.26 Å². The Morgan fingerprint density at radius 1 is 1.26 bits per heavy atom. The monoisotopic (exact) mass is 338 g/mol. The minimum absolute atomic E-state index is 0.355. The van der Waals surface area contributed by atoms with E-state index in [1.165, 1.54) is 12.1 Å². The number of anilines is 1. The van der Waals surface area contributed by atoms with Crippen molar-refractivity contribution in [3.05, 3.63) is 62.8 Å². The Hall–Kier alpha value is -1.57. The lowest BCUT2D eigenvalue weighted by molar-refractivity contribution is 0.626. The molecule has 96 valence electrons. The number of nitriles is 1. The molecule has 0 unspecified atom stereocenters. The summed E-state index contributed by atoms with van der Waals surface area (Å²) in [5.41, 5.74) is 1.94. The van der Waals surface area contributed by atoms with Crippen molar-refractivity contribution in [1.82, 2.24) is 0 Å². The van der Waals surface area contributed by atoms with Gasteiger partial charge in [0.25, 0.3) is 0 Å². The van der Waals surface area contributed by atoms with Crippen LogP contribution in [-0.2, 0) is 6.54 Å². The van der Waals surface area contributed by atoms with E-state index >= 15 is 0 Å². The second-order valence-electron chi connectivity index (χ2n) is 3.93. The summed E-state index contributed by atoms with van der Waals surface area (Å²) in [5.74, 6) is -0.374. The molecule has 1 N–H and O–H groups in total. The van der Waals surface area contributed by atoms with E-state index in [0.29, 0.717) is 22.8 Å². The molecule has 0 radical (unpaired) electrons. The van der Waals surface area contributed by atoms with Crippen LogP contribution >= 0.6 is 27.5 Å². The number of nitrogens with one attached hydrogen (secondary N) is 1. The van der Waals surface area contributed by atoms with Crippen molar-refractivity contribution >= 4 is 33.2 Å². The Kier molecular flexibility index (Phi) is 4.41. The van der Waals surface area contributed by atoms with E-state index in [1.807, 2.05) is 6.07 Å². The Balaban J connectivity index is 2.17. The standard InChI is InChI=1S/C14H9BrClFN2/c15-11-1-2-14(10(5-11)7-18)19-8-9-3-12(16)6-13(17)4-9/h1-6,19H,8H2. The molecule has 2 aromatic carbocycles. The molecule has 0 fully saturated rings. The molecule has 0 aromatic heterocycles. The molecule has 0 aliphatic rings. The third-order valence-corrected chi connectivity index (χ3v) is 3.22. The Labute approximate surface area is 123 Å². The van der Waals surface area contributed by atoms with Crippen molar-refractivity contribution in [2.75, 3.05) is 5.32 Å². The smallest absolute Gasteiger partial charge is 0.125 e. The summed E-state index contributed by atoms with van der Waals surface area (Å²) in [5, 5.41) is 12.5. The molecule has 19 heavy (non-hydrogen) atoms. The summed E-state index contributed by atoms with van der Waals surface area (Å²) in [6.07, 6.45) is 0. The second-order valence-corrected chi connectivity index (χ2v) is 5.29. The topological polar surface area (TPSA) is 35.8 Å². The number of rotatable bonds is 3. The highest BCUT2D eigenvalue weighted by Crippen LogP contribution is 2.21.